The molecule has 0 spiro atoms. The second-order valence-corrected chi connectivity index (χ2v) is 2.58. The summed E-state index contributed by atoms with van der Waals surface area (Å²) < 4.78 is 35.6. The van der Waals surface area contributed by atoms with Crippen molar-refractivity contribution in [2.24, 2.45) is 0 Å². The molecule has 1 aromatic rings. The number of halogens is 3. The molecule has 0 saturated carbocycles. The number of hydrogen-bond acceptors (Lipinski definition) is 2. The van der Waals surface area contributed by atoms with Crippen molar-refractivity contribution in [2.75, 3.05) is 0 Å². The maximum atomic E-state index is 11.9. The largest absolute Gasteiger partial charge is 0.414 e. The number of hydrogen-bond donors (Lipinski definition) is 1. The average molecular weight is 191 g/mol. The Bertz CT molecular complexity index is 260. The topological polar surface area (TPSA) is 33.1 Å². The van der Waals surface area contributed by atoms with Crippen molar-refractivity contribution in [3.05, 3.63) is 30.1 Å². The van der Waals surface area contributed by atoms with Crippen molar-refractivity contribution in [3.8, 4) is 0 Å². The standard InChI is InChI=1S/C8H8F3NO/c9-8(10,11)7(13)5-6-3-1-2-4-12-6/h1-4,7,13H,5H2/t7-/m0/s1. The minimum Gasteiger partial charge on any atom is -0.383 e. The molecule has 0 fully saturated rings. The van der Waals surface area contributed by atoms with Gasteiger partial charge in [0.2, 0.25) is 0 Å². The van der Waals surface area contributed by atoms with E-state index < -0.39 is 18.7 Å². The molecule has 0 aliphatic heterocycles. The Labute approximate surface area is 73.0 Å². The summed E-state index contributed by atoms with van der Waals surface area (Å²) in [4.78, 5) is 3.67. The summed E-state index contributed by atoms with van der Waals surface area (Å²) in [6.45, 7) is 0. The summed E-state index contributed by atoms with van der Waals surface area (Å²) in [5.74, 6) is 0. The van der Waals surface area contributed by atoms with E-state index in [1.54, 1.807) is 12.1 Å². The number of nitrogens with zero attached hydrogens (tertiary/aromatic N) is 1. The second-order valence-electron chi connectivity index (χ2n) is 2.58. The summed E-state index contributed by atoms with van der Waals surface area (Å²) in [7, 11) is 0. The van der Waals surface area contributed by atoms with Crippen molar-refractivity contribution in [2.45, 2.75) is 18.7 Å². The molecule has 0 aliphatic carbocycles. The Morgan fingerprint density at radius 1 is 1.38 bits per heavy atom. The number of pyridine rings is 1. The minimum absolute atomic E-state index is 0.229. The van der Waals surface area contributed by atoms with Gasteiger partial charge in [0.1, 0.15) is 0 Å². The fraction of sp³-hybridized carbons (Fsp3) is 0.375. The van der Waals surface area contributed by atoms with Gasteiger partial charge in [0.15, 0.2) is 6.10 Å². The first-order chi connectivity index (χ1) is 6.00. The molecule has 2 nitrogen and oxygen atoms in total. The molecule has 0 aromatic carbocycles. The third-order valence-corrected chi connectivity index (χ3v) is 1.51. The molecule has 1 heterocycles. The van der Waals surface area contributed by atoms with Gasteiger partial charge in [-0.05, 0) is 12.1 Å². The monoisotopic (exact) mass is 191 g/mol. The number of aromatic nitrogens is 1. The van der Waals surface area contributed by atoms with E-state index in [0.29, 0.717) is 0 Å². The van der Waals surface area contributed by atoms with E-state index in [1.807, 2.05) is 0 Å². The lowest BCUT2D eigenvalue weighted by Gasteiger charge is -2.13. The number of rotatable bonds is 2. The van der Waals surface area contributed by atoms with Crippen molar-refractivity contribution in [3.63, 3.8) is 0 Å². The molecule has 0 unspecified atom stereocenters. The van der Waals surface area contributed by atoms with Crippen LogP contribution in [0.5, 0.6) is 0 Å². The van der Waals surface area contributed by atoms with E-state index >= 15 is 0 Å². The van der Waals surface area contributed by atoms with Crippen LogP contribution in [0.15, 0.2) is 24.4 Å². The van der Waals surface area contributed by atoms with Gasteiger partial charge in [0.25, 0.3) is 0 Å². The number of alkyl halides is 3. The molecular weight excluding hydrogens is 183 g/mol. The third-order valence-electron chi connectivity index (χ3n) is 1.51. The molecular formula is C8H8F3NO. The zero-order chi connectivity index (χ0) is 9.90. The second kappa shape index (κ2) is 3.74. The van der Waals surface area contributed by atoms with Gasteiger partial charge < -0.3 is 5.11 Å². The fourth-order valence-corrected chi connectivity index (χ4v) is 0.833. The minimum atomic E-state index is -4.57. The Hall–Kier alpha value is -1.10. The highest BCUT2D eigenvalue weighted by Crippen LogP contribution is 2.22. The van der Waals surface area contributed by atoms with Crippen LogP contribution in [-0.2, 0) is 6.42 Å². The van der Waals surface area contributed by atoms with Crippen LogP contribution in [0.1, 0.15) is 5.69 Å². The van der Waals surface area contributed by atoms with Crippen molar-refractivity contribution in [1.82, 2.24) is 4.98 Å². The smallest absolute Gasteiger partial charge is 0.383 e. The molecule has 1 atom stereocenters. The van der Waals surface area contributed by atoms with E-state index in [1.165, 1.54) is 12.3 Å². The fourth-order valence-electron chi connectivity index (χ4n) is 0.833. The highest BCUT2D eigenvalue weighted by molar-refractivity contribution is 5.05. The van der Waals surface area contributed by atoms with E-state index in [0.717, 1.165) is 0 Å². The van der Waals surface area contributed by atoms with Gasteiger partial charge in [-0.2, -0.15) is 13.2 Å². The Morgan fingerprint density at radius 3 is 2.54 bits per heavy atom. The summed E-state index contributed by atoms with van der Waals surface area (Å²) in [5.41, 5.74) is 0.229. The molecule has 0 radical (unpaired) electrons. The zero-order valence-corrected chi connectivity index (χ0v) is 6.62. The van der Waals surface area contributed by atoms with E-state index in [9.17, 15) is 13.2 Å². The first kappa shape index (κ1) is 9.98. The maximum absolute atomic E-state index is 11.9. The van der Waals surface area contributed by atoms with Crippen LogP contribution in [-0.4, -0.2) is 22.4 Å². The third kappa shape index (κ3) is 3.02. The summed E-state index contributed by atoms with van der Waals surface area (Å²) in [6.07, 6.45) is -6.01. The van der Waals surface area contributed by atoms with Crippen molar-refractivity contribution >= 4 is 0 Å². The zero-order valence-electron chi connectivity index (χ0n) is 6.62. The van der Waals surface area contributed by atoms with Crippen LogP contribution in [0.4, 0.5) is 13.2 Å². The van der Waals surface area contributed by atoms with Crippen LogP contribution in [0.25, 0.3) is 0 Å². The summed E-state index contributed by atoms with van der Waals surface area (Å²) in [6, 6.07) is 4.61. The normalized spacial score (nSPS) is 14.2. The lowest BCUT2D eigenvalue weighted by molar-refractivity contribution is -0.203. The molecule has 0 bridgehead atoms. The molecule has 72 valence electrons. The van der Waals surface area contributed by atoms with Gasteiger partial charge in [0, 0.05) is 18.3 Å². The predicted molar refractivity (Wildman–Crippen MR) is 40.0 cm³/mol. The van der Waals surface area contributed by atoms with Crippen molar-refractivity contribution in [1.29, 1.82) is 0 Å². The van der Waals surface area contributed by atoms with E-state index in [2.05, 4.69) is 4.98 Å². The predicted octanol–water partition coefficient (Wildman–Crippen LogP) is 1.55. The first-order valence-electron chi connectivity index (χ1n) is 3.65. The quantitative estimate of drug-likeness (QED) is 0.769. The van der Waals surface area contributed by atoms with Crippen molar-refractivity contribution < 1.29 is 18.3 Å². The van der Waals surface area contributed by atoms with E-state index in [-0.39, 0.29) is 5.69 Å². The van der Waals surface area contributed by atoms with Crippen LogP contribution in [0, 0.1) is 0 Å². The highest BCUT2D eigenvalue weighted by Gasteiger charge is 2.38. The lowest BCUT2D eigenvalue weighted by Crippen LogP contribution is -2.30. The van der Waals surface area contributed by atoms with Gasteiger partial charge in [-0.1, -0.05) is 6.07 Å². The van der Waals surface area contributed by atoms with E-state index in [4.69, 9.17) is 5.11 Å². The molecule has 5 heteroatoms. The maximum Gasteiger partial charge on any atom is 0.414 e. The Balaban J connectivity index is 2.61. The SMILES string of the molecule is O[C@@H](Cc1ccccn1)C(F)(F)F. The van der Waals surface area contributed by atoms with Crippen LogP contribution >= 0.6 is 0 Å². The Morgan fingerprint density at radius 2 is 2.08 bits per heavy atom. The molecule has 0 amide bonds. The van der Waals surface area contributed by atoms with Crippen LogP contribution in [0.3, 0.4) is 0 Å². The van der Waals surface area contributed by atoms with Gasteiger partial charge >= 0.3 is 6.18 Å². The average Bonchev–Trinajstić information content (AvgIpc) is 2.04. The Kier molecular flexibility index (Phi) is 2.87. The van der Waals surface area contributed by atoms with Gasteiger partial charge in [0.05, 0.1) is 0 Å². The summed E-state index contributed by atoms with van der Waals surface area (Å²) in [5, 5.41) is 8.67. The first-order valence-corrected chi connectivity index (χ1v) is 3.65. The molecule has 1 aromatic heterocycles. The van der Waals surface area contributed by atoms with Crippen LogP contribution in [0.2, 0.25) is 0 Å². The highest BCUT2D eigenvalue weighted by atomic mass is 19.4. The number of aliphatic hydroxyl groups excluding tert-OH is 1. The molecule has 1 rings (SSSR count). The summed E-state index contributed by atoms with van der Waals surface area (Å²) >= 11 is 0. The van der Waals surface area contributed by atoms with Gasteiger partial charge in [-0.15, -0.1) is 0 Å². The molecule has 1 N–H and O–H groups in total. The lowest BCUT2D eigenvalue weighted by atomic mass is 10.2. The van der Waals surface area contributed by atoms with Crippen LogP contribution < -0.4 is 0 Å². The number of aliphatic hydroxyl groups is 1. The molecule has 0 saturated heterocycles. The van der Waals surface area contributed by atoms with Gasteiger partial charge in [-0.3, -0.25) is 4.98 Å². The van der Waals surface area contributed by atoms with Gasteiger partial charge in [-0.25, -0.2) is 0 Å². The molecule has 13 heavy (non-hydrogen) atoms. The molecule has 0 aliphatic rings.